The van der Waals surface area contributed by atoms with E-state index in [0.29, 0.717) is 16.7 Å². The maximum absolute atomic E-state index is 6.22. The molecular formula is C22H17N5OS. The summed E-state index contributed by atoms with van der Waals surface area (Å²) in [5.74, 6) is 1.21. The molecule has 0 bridgehead atoms. The first-order valence-corrected chi connectivity index (χ1v) is 10.2. The van der Waals surface area contributed by atoms with Gasteiger partial charge >= 0.3 is 0 Å². The van der Waals surface area contributed by atoms with Crippen molar-refractivity contribution in [3.05, 3.63) is 90.3 Å². The van der Waals surface area contributed by atoms with E-state index in [-0.39, 0.29) is 0 Å². The lowest BCUT2D eigenvalue weighted by Crippen LogP contribution is -2.18. The van der Waals surface area contributed by atoms with Crippen LogP contribution in [-0.2, 0) is 5.75 Å². The number of ether oxygens (including phenoxy) is 1. The van der Waals surface area contributed by atoms with Gasteiger partial charge in [-0.3, -0.25) is 4.98 Å². The Morgan fingerprint density at radius 3 is 2.59 bits per heavy atom. The SMILES string of the molecule is c1ccc(CSc2nnc3c(n2)OC(c2ccccn2)Nc2ccccc2-3)cc1. The van der Waals surface area contributed by atoms with Crippen LogP contribution < -0.4 is 10.1 Å². The molecule has 1 atom stereocenters. The van der Waals surface area contributed by atoms with Gasteiger partial charge in [0.25, 0.3) is 0 Å². The molecule has 1 aliphatic heterocycles. The molecule has 0 radical (unpaired) electrons. The van der Waals surface area contributed by atoms with Crippen LogP contribution in [0.1, 0.15) is 17.5 Å². The molecule has 0 amide bonds. The zero-order valence-electron chi connectivity index (χ0n) is 15.4. The van der Waals surface area contributed by atoms with E-state index in [1.165, 1.54) is 17.3 Å². The van der Waals surface area contributed by atoms with E-state index in [2.05, 4.69) is 37.6 Å². The quantitative estimate of drug-likeness (QED) is 0.497. The molecule has 2 aromatic heterocycles. The van der Waals surface area contributed by atoms with Crippen molar-refractivity contribution in [3.8, 4) is 17.1 Å². The van der Waals surface area contributed by atoms with E-state index in [9.17, 15) is 0 Å². The highest BCUT2D eigenvalue weighted by atomic mass is 32.2. The third kappa shape index (κ3) is 3.77. The molecule has 2 aromatic carbocycles. The van der Waals surface area contributed by atoms with Crippen molar-refractivity contribution in [2.24, 2.45) is 0 Å². The van der Waals surface area contributed by atoms with Crippen LogP contribution in [0, 0.1) is 0 Å². The van der Waals surface area contributed by atoms with Crippen molar-refractivity contribution >= 4 is 17.4 Å². The van der Waals surface area contributed by atoms with Gasteiger partial charge in [-0.25, -0.2) is 0 Å². The third-order valence-electron chi connectivity index (χ3n) is 4.50. The van der Waals surface area contributed by atoms with Crippen LogP contribution in [0.25, 0.3) is 11.3 Å². The summed E-state index contributed by atoms with van der Waals surface area (Å²) in [6.07, 6.45) is 1.28. The lowest BCUT2D eigenvalue weighted by molar-refractivity contribution is 0.220. The molecule has 0 spiro atoms. The number of thioether (sulfide) groups is 1. The molecule has 7 heteroatoms. The Morgan fingerprint density at radius 2 is 1.72 bits per heavy atom. The predicted molar refractivity (Wildman–Crippen MR) is 112 cm³/mol. The number of rotatable bonds is 4. The van der Waals surface area contributed by atoms with E-state index in [1.807, 2.05) is 60.7 Å². The number of hydrogen-bond donors (Lipinski definition) is 1. The Bertz CT molecular complexity index is 1120. The molecule has 6 nitrogen and oxygen atoms in total. The average molecular weight is 399 g/mol. The highest BCUT2D eigenvalue weighted by molar-refractivity contribution is 7.98. The number of aromatic nitrogens is 4. The minimum absolute atomic E-state index is 0.448. The van der Waals surface area contributed by atoms with E-state index in [4.69, 9.17) is 4.74 Å². The summed E-state index contributed by atoms with van der Waals surface area (Å²) >= 11 is 1.53. The molecule has 29 heavy (non-hydrogen) atoms. The first-order valence-electron chi connectivity index (χ1n) is 9.22. The van der Waals surface area contributed by atoms with Crippen molar-refractivity contribution in [3.63, 3.8) is 0 Å². The van der Waals surface area contributed by atoms with Gasteiger partial charge < -0.3 is 10.1 Å². The van der Waals surface area contributed by atoms with Gasteiger partial charge in [-0.1, -0.05) is 66.4 Å². The van der Waals surface area contributed by atoms with Gasteiger partial charge in [-0.15, -0.1) is 10.2 Å². The maximum atomic E-state index is 6.22. The van der Waals surface area contributed by atoms with Crippen LogP contribution in [0.2, 0.25) is 0 Å². The second-order valence-corrected chi connectivity index (χ2v) is 7.41. The summed E-state index contributed by atoms with van der Waals surface area (Å²) in [6.45, 7) is 0. The fourth-order valence-corrected chi connectivity index (χ4v) is 3.83. The Balaban J connectivity index is 1.50. The standard InChI is InChI=1S/C22H17N5OS/c1-2-8-15(9-3-1)14-29-22-25-21-19(26-27-22)16-10-4-5-11-17(16)24-20(28-21)18-12-6-7-13-23-18/h1-13,20,24H,14H2. The minimum Gasteiger partial charge on any atom is -0.446 e. The maximum Gasteiger partial charge on any atom is 0.247 e. The smallest absolute Gasteiger partial charge is 0.247 e. The zero-order chi connectivity index (χ0) is 19.5. The lowest BCUT2D eigenvalue weighted by atomic mass is 10.1. The van der Waals surface area contributed by atoms with Gasteiger partial charge in [0.05, 0.1) is 0 Å². The number of nitrogens with zero attached hydrogens (tertiary/aromatic N) is 4. The molecule has 4 aromatic rings. The molecule has 0 fully saturated rings. The van der Waals surface area contributed by atoms with Crippen LogP contribution in [0.5, 0.6) is 5.88 Å². The van der Waals surface area contributed by atoms with Crippen LogP contribution in [0.3, 0.4) is 0 Å². The van der Waals surface area contributed by atoms with Gasteiger partial charge in [0.2, 0.25) is 17.3 Å². The van der Waals surface area contributed by atoms with Crippen molar-refractivity contribution in [2.45, 2.75) is 17.1 Å². The fraction of sp³-hybridized carbons (Fsp3) is 0.0909. The Labute approximate surface area is 172 Å². The highest BCUT2D eigenvalue weighted by Gasteiger charge is 2.26. The summed E-state index contributed by atoms with van der Waals surface area (Å²) in [4.78, 5) is 9.09. The van der Waals surface area contributed by atoms with Crippen LogP contribution in [-0.4, -0.2) is 20.2 Å². The van der Waals surface area contributed by atoms with E-state index in [1.54, 1.807) is 6.20 Å². The van der Waals surface area contributed by atoms with Crippen LogP contribution in [0.4, 0.5) is 5.69 Å². The first kappa shape index (κ1) is 17.6. The fourth-order valence-electron chi connectivity index (χ4n) is 3.10. The first-order chi connectivity index (χ1) is 14.4. The second kappa shape index (κ2) is 7.89. The molecule has 142 valence electrons. The van der Waals surface area contributed by atoms with E-state index >= 15 is 0 Å². The van der Waals surface area contributed by atoms with E-state index in [0.717, 1.165) is 22.7 Å². The van der Waals surface area contributed by atoms with Crippen LogP contribution in [0.15, 0.2) is 84.1 Å². The van der Waals surface area contributed by atoms with Crippen molar-refractivity contribution in [1.82, 2.24) is 20.2 Å². The molecular weight excluding hydrogens is 382 g/mol. The lowest BCUT2D eigenvalue weighted by Gasteiger charge is -2.18. The summed E-state index contributed by atoms with van der Waals surface area (Å²) < 4.78 is 6.22. The van der Waals surface area contributed by atoms with Gasteiger partial charge in [0.1, 0.15) is 5.69 Å². The number of anilines is 1. The summed E-state index contributed by atoms with van der Waals surface area (Å²) in [5, 5.41) is 12.7. The predicted octanol–water partition coefficient (Wildman–Crippen LogP) is 4.73. The molecule has 0 saturated carbocycles. The number of hydrogen-bond acceptors (Lipinski definition) is 7. The van der Waals surface area contributed by atoms with E-state index < -0.39 is 6.23 Å². The third-order valence-corrected chi connectivity index (χ3v) is 5.41. The molecule has 1 unspecified atom stereocenters. The molecule has 0 aliphatic carbocycles. The molecule has 5 rings (SSSR count). The average Bonchev–Trinajstić information content (AvgIpc) is 2.95. The summed E-state index contributed by atoms with van der Waals surface area (Å²) in [7, 11) is 0. The Morgan fingerprint density at radius 1 is 0.897 bits per heavy atom. The Hall–Kier alpha value is -3.45. The normalized spacial score (nSPS) is 14.7. The number of pyridine rings is 1. The van der Waals surface area contributed by atoms with Gasteiger partial charge in [0.15, 0.2) is 5.69 Å². The summed E-state index contributed by atoms with van der Waals surface area (Å²) in [6, 6.07) is 23.9. The van der Waals surface area contributed by atoms with Crippen LogP contribution >= 0.6 is 11.8 Å². The largest absolute Gasteiger partial charge is 0.446 e. The zero-order valence-corrected chi connectivity index (χ0v) is 16.2. The van der Waals surface area contributed by atoms with Gasteiger partial charge in [-0.2, -0.15) is 4.98 Å². The second-order valence-electron chi connectivity index (χ2n) is 6.46. The van der Waals surface area contributed by atoms with Gasteiger partial charge in [-0.05, 0) is 23.8 Å². The molecule has 3 heterocycles. The molecule has 0 saturated heterocycles. The van der Waals surface area contributed by atoms with Crippen molar-refractivity contribution in [1.29, 1.82) is 0 Å². The summed E-state index contributed by atoms with van der Waals surface area (Å²) in [5.41, 5.74) is 4.40. The molecule has 1 aliphatic rings. The molecule has 1 N–H and O–H groups in total. The topological polar surface area (TPSA) is 72.8 Å². The Kier molecular flexibility index (Phi) is 4.80. The van der Waals surface area contributed by atoms with Crippen molar-refractivity contribution in [2.75, 3.05) is 5.32 Å². The van der Waals surface area contributed by atoms with Gasteiger partial charge in [0, 0.05) is 23.2 Å². The number of para-hydroxylation sites is 1. The minimum atomic E-state index is -0.470. The number of benzene rings is 2. The monoisotopic (exact) mass is 399 g/mol. The number of fused-ring (bicyclic) bond motifs is 3. The number of nitrogens with one attached hydrogen (secondary N) is 1. The highest BCUT2D eigenvalue weighted by Crippen LogP contribution is 2.39. The van der Waals surface area contributed by atoms with Crippen molar-refractivity contribution < 1.29 is 4.74 Å².